The van der Waals surface area contributed by atoms with Gasteiger partial charge in [-0.3, -0.25) is 0 Å². The molecule has 0 radical (unpaired) electrons. The Hall–Kier alpha value is -5.45. The molecule has 0 bridgehead atoms. The fourth-order valence-electron chi connectivity index (χ4n) is 7.92. The number of benzene rings is 6. The summed E-state index contributed by atoms with van der Waals surface area (Å²) in [7, 11) is 0. The molecule has 1 spiro atoms. The van der Waals surface area contributed by atoms with Gasteiger partial charge in [0.15, 0.2) is 0 Å². The topological polar surface area (TPSA) is 23.8 Å². The fourth-order valence-corrected chi connectivity index (χ4v) is 7.92. The standard InChI is InChI=1S/C44H33N/c1-43(2)38-17-5-7-19-40(38)44(41-20-8-6-18-39(41)43)37-16-4-3-15-35(37)36-26-25-34(28-42(36)44)33-14-10-13-31(27-33)12-9-11-30-21-23-32(29-45)24-22-30/h3-11,13-28H,12H2,1-2H3/b11-9+. The second-order valence-corrected chi connectivity index (χ2v) is 12.8. The second-order valence-electron chi connectivity index (χ2n) is 12.8. The molecule has 0 aliphatic heterocycles. The van der Waals surface area contributed by atoms with E-state index in [1.165, 1.54) is 61.2 Å². The molecule has 0 aromatic heterocycles. The number of nitriles is 1. The van der Waals surface area contributed by atoms with Gasteiger partial charge in [0.1, 0.15) is 0 Å². The van der Waals surface area contributed by atoms with Crippen molar-refractivity contribution in [1.29, 1.82) is 5.26 Å². The lowest BCUT2D eigenvalue weighted by molar-refractivity contribution is 0.563. The molecule has 8 rings (SSSR count). The SMILES string of the molecule is CC1(C)c2ccccc2C2(c3ccccc3-c3ccc(-c4cccc(C/C=C/c5ccc(C#N)cc5)c4)cc32)c2ccccc21. The summed E-state index contributed by atoms with van der Waals surface area (Å²) in [6.45, 7) is 4.74. The third-order valence-electron chi connectivity index (χ3n) is 10.0. The lowest BCUT2D eigenvalue weighted by Gasteiger charge is -2.46. The molecule has 45 heavy (non-hydrogen) atoms. The molecule has 0 fully saturated rings. The first-order chi connectivity index (χ1) is 22.0. The predicted molar refractivity (Wildman–Crippen MR) is 185 cm³/mol. The zero-order chi connectivity index (χ0) is 30.6. The van der Waals surface area contributed by atoms with Crippen molar-refractivity contribution in [3.05, 3.63) is 196 Å². The highest BCUT2D eigenvalue weighted by Gasteiger charge is 2.53. The van der Waals surface area contributed by atoms with Gasteiger partial charge in [0.2, 0.25) is 0 Å². The van der Waals surface area contributed by atoms with Crippen LogP contribution in [0.3, 0.4) is 0 Å². The van der Waals surface area contributed by atoms with E-state index in [9.17, 15) is 0 Å². The van der Waals surface area contributed by atoms with Gasteiger partial charge in [0.25, 0.3) is 0 Å². The number of rotatable bonds is 4. The normalized spacial score (nSPS) is 14.8. The van der Waals surface area contributed by atoms with Crippen LogP contribution in [0.2, 0.25) is 0 Å². The van der Waals surface area contributed by atoms with Crippen molar-refractivity contribution in [2.75, 3.05) is 0 Å². The van der Waals surface area contributed by atoms with Crippen LogP contribution in [0, 0.1) is 11.3 Å². The third kappa shape index (κ3) is 4.07. The minimum absolute atomic E-state index is 0.104. The smallest absolute Gasteiger partial charge is 0.0991 e. The molecule has 0 unspecified atom stereocenters. The molecule has 0 amide bonds. The summed E-state index contributed by atoms with van der Waals surface area (Å²) in [5.74, 6) is 0. The van der Waals surface area contributed by atoms with Crippen molar-refractivity contribution < 1.29 is 0 Å². The number of fused-ring (bicyclic) bond motifs is 9. The van der Waals surface area contributed by atoms with Gasteiger partial charge in [0.05, 0.1) is 17.0 Å². The van der Waals surface area contributed by atoms with E-state index in [1.54, 1.807) is 0 Å². The Bertz CT molecular complexity index is 2120. The zero-order valence-electron chi connectivity index (χ0n) is 25.6. The van der Waals surface area contributed by atoms with E-state index in [4.69, 9.17) is 5.26 Å². The Morgan fingerprint density at radius 2 is 1.16 bits per heavy atom. The van der Waals surface area contributed by atoms with Gasteiger partial charge in [-0.1, -0.05) is 147 Å². The highest BCUT2D eigenvalue weighted by molar-refractivity contribution is 5.90. The van der Waals surface area contributed by atoms with Gasteiger partial charge in [-0.05, 0) is 91.4 Å². The number of nitrogens with zero attached hydrogens (tertiary/aromatic N) is 1. The largest absolute Gasteiger partial charge is 0.192 e. The van der Waals surface area contributed by atoms with Crippen LogP contribution in [0.1, 0.15) is 63.9 Å². The van der Waals surface area contributed by atoms with Crippen molar-refractivity contribution in [3.63, 3.8) is 0 Å². The van der Waals surface area contributed by atoms with E-state index in [2.05, 4.69) is 147 Å². The maximum absolute atomic E-state index is 9.08. The van der Waals surface area contributed by atoms with Crippen molar-refractivity contribution in [2.45, 2.75) is 31.1 Å². The maximum atomic E-state index is 9.08. The lowest BCUT2D eigenvalue weighted by atomic mass is 9.55. The average Bonchev–Trinajstić information content (AvgIpc) is 3.38. The van der Waals surface area contributed by atoms with E-state index in [-0.39, 0.29) is 10.8 Å². The average molecular weight is 576 g/mol. The first kappa shape index (κ1) is 27.1. The van der Waals surface area contributed by atoms with Gasteiger partial charge < -0.3 is 0 Å². The Balaban J connectivity index is 1.26. The van der Waals surface area contributed by atoms with E-state index in [1.807, 2.05) is 24.3 Å². The van der Waals surface area contributed by atoms with Crippen LogP contribution in [0.4, 0.5) is 0 Å². The molecular formula is C44H33N. The zero-order valence-corrected chi connectivity index (χ0v) is 25.6. The molecular weight excluding hydrogens is 542 g/mol. The van der Waals surface area contributed by atoms with Crippen LogP contribution >= 0.6 is 0 Å². The van der Waals surface area contributed by atoms with Crippen molar-refractivity contribution in [2.24, 2.45) is 0 Å². The van der Waals surface area contributed by atoms with Crippen LogP contribution in [0.25, 0.3) is 28.3 Å². The first-order valence-corrected chi connectivity index (χ1v) is 15.7. The quantitative estimate of drug-likeness (QED) is 0.205. The molecule has 2 aliphatic carbocycles. The molecule has 0 saturated heterocycles. The third-order valence-corrected chi connectivity index (χ3v) is 10.0. The molecule has 0 N–H and O–H groups in total. The predicted octanol–water partition coefficient (Wildman–Crippen LogP) is 10.5. The summed E-state index contributed by atoms with van der Waals surface area (Å²) >= 11 is 0. The van der Waals surface area contributed by atoms with Crippen molar-refractivity contribution in [1.82, 2.24) is 0 Å². The highest BCUT2D eigenvalue weighted by atomic mass is 14.5. The van der Waals surface area contributed by atoms with E-state index < -0.39 is 0 Å². The van der Waals surface area contributed by atoms with E-state index in [0.29, 0.717) is 5.56 Å². The van der Waals surface area contributed by atoms with E-state index in [0.717, 1.165) is 12.0 Å². The Labute approximate surface area is 265 Å². The maximum Gasteiger partial charge on any atom is 0.0991 e. The minimum Gasteiger partial charge on any atom is -0.192 e. The Morgan fingerprint density at radius 1 is 0.556 bits per heavy atom. The molecule has 0 heterocycles. The summed E-state index contributed by atoms with van der Waals surface area (Å²) in [5.41, 5.74) is 16.0. The van der Waals surface area contributed by atoms with Crippen molar-refractivity contribution in [3.8, 4) is 28.3 Å². The molecule has 6 aromatic carbocycles. The van der Waals surface area contributed by atoms with Crippen LogP contribution in [-0.4, -0.2) is 0 Å². The molecule has 1 nitrogen and oxygen atoms in total. The Morgan fingerprint density at radius 3 is 1.84 bits per heavy atom. The minimum atomic E-state index is -0.383. The first-order valence-electron chi connectivity index (χ1n) is 15.7. The molecule has 1 heteroatoms. The summed E-state index contributed by atoms with van der Waals surface area (Å²) in [4.78, 5) is 0. The monoisotopic (exact) mass is 575 g/mol. The van der Waals surface area contributed by atoms with Crippen LogP contribution in [-0.2, 0) is 17.3 Å². The molecule has 0 atom stereocenters. The summed E-state index contributed by atoms with van der Waals surface area (Å²) < 4.78 is 0. The Kier molecular flexibility index (Phi) is 6.22. The molecule has 6 aromatic rings. The van der Waals surface area contributed by atoms with Gasteiger partial charge in [-0.2, -0.15) is 5.26 Å². The van der Waals surface area contributed by atoms with Gasteiger partial charge in [-0.25, -0.2) is 0 Å². The molecule has 214 valence electrons. The summed E-state index contributed by atoms with van der Waals surface area (Å²) in [6.07, 6.45) is 5.17. The summed E-state index contributed by atoms with van der Waals surface area (Å²) in [6, 6.07) is 53.2. The number of allylic oxidation sites excluding steroid dienone is 1. The van der Waals surface area contributed by atoms with Gasteiger partial charge in [0, 0.05) is 5.41 Å². The molecule has 2 aliphatic rings. The van der Waals surface area contributed by atoms with Gasteiger partial charge in [-0.15, -0.1) is 0 Å². The number of hydrogen-bond acceptors (Lipinski definition) is 1. The van der Waals surface area contributed by atoms with Crippen LogP contribution < -0.4 is 0 Å². The van der Waals surface area contributed by atoms with Crippen LogP contribution in [0.5, 0.6) is 0 Å². The van der Waals surface area contributed by atoms with Crippen LogP contribution in [0.15, 0.2) is 146 Å². The van der Waals surface area contributed by atoms with Gasteiger partial charge >= 0.3 is 0 Å². The second kappa shape index (κ2) is 10.3. The highest BCUT2D eigenvalue weighted by Crippen LogP contribution is 2.62. The lowest BCUT2D eigenvalue weighted by Crippen LogP contribution is -2.40. The summed E-state index contributed by atoms with van der Waals surface area (Å²) in [5, 5.41) is 9.08. The molecule has 0 saturated carbocycles. The fraction of sp³-hybridized carbons (Fsp3) is 0.114. The number of hydrogen-bond donors (Lipinski definition) is 0. The van der Waals surface area contributed by atoms with Crippen molar-refractivity contribution >= 4 is 6.08 Å². The van der Waals surface area contributed by atoms with E-state index >= 15 is 0 Å².